The minimum atomic E-state index is -0.461. The van der Waals surface area contributed by atoms with Gasteiger partial charge in [-0.05, 0) is 25.1 Å². The van der Waals surface area contributed by atoms with Gasteiger partial charge in [0.1, 0.15) is 11.5 Å². The first-order valence-corrected chi connectivity index (χ1v) is 5.50. The van der Waals surface area contributed by atoms with Crippen molar-refractivity contribution in [3.8, 4) is 17.3 Å². The Kier molecular flexibility index (Phi) is 3.49. The minimum Gasteiger partial charge on any atom is -0.369 e. The highest BCUT2D eigenvalue weighted by Crippen LogP contribution is 2.25. The van der Waals surface area contributed by atoms with Crippen molar-refractivity contribution in [2.24, 2.45) is 0 Å². The third-order valence-corrected chi connectivity index (χ3v) is 2.34. The molecule has 0 unspecified atom stereocenters. The van der Waals surface area contributed by atoms with Gasteiger partial charge in [0.05, 0.1) is 11.6 Å². The molecule has 18 heavy (non-hydrogen) atoms. The first kappa shape index (κ1) is 12.0. The number of halogens is 1. The topological polar surface area (TPSA) is 61.6 Å². The van der Waals surface area contributed by atoms with Gasteiger partial charge < -0.3 is 5.32 Å². The molecular weight excluding hydrogens is 231 g/mol. The van der Waals surface area contributed by atoms with E-state index < -0.39 is 5.82 Å². The van der Waals surface area contributed by atoms with E-state index in [1.165, 1.54) is 18.3 Å². The van der Waals surface area contributed by atoms with Crippen molar-refractivity contribution in [1.29, 1.82) is 5.26 Å². The molecule has 0 spiro atoms. The minimum absolute atomic E-state index is 0.262. The number of nitrogens with zero attached hydrogens (tertiary/aromatic N) is 3. The Morgan fingerprint density at radius 1 is 1.28 bits per heavy atom. The molecule has 1 N–H and O–H groups in total. The Balaban J connectivity index is 2.55. The van der Waals surface area contributed by atoms with Crippen LogP contribution in [0.4, 0.5) is 10.2 Å². The van der Waals surface area contributed by atoms with Crippen LogP contribution in [-0.2, 0) is 0 Å². The maximum Gasteiger partial charge on any atom is 0.152 e. The average Bonchev–Trinajstić information content (AvgIpc) is 2.39. The molecule has 0 aliphatic carbocycles. The lowest BCUT2D eigenvalue weighted by molar-refractivity contribution is 0.628. The molecule has 1 aromatic carbocycles. The number of nitriles is 1. The van der Waals surface area contributed by atoms with Crippen LogP contribution in [0, 0.1) is 17.1 Å². The van der Waals surface area contributed by atoms with Gasteiger partial charge >= 0.3 is 0 Å². The summed E-state index contributed by atoms with van der Waals surface area (Å²) < 4.78 is 13.4. The van der Waals surface area contributed by atoms with Gasteiger partial charge in [0, 0.05) is 24.5 Å². The summed E-state index contributed by atoms with van der Waals surface area (Å²) in [5.41, 5.74) is 1.34. The predicted octanol–water partition coefficient (Wildman–Crippen LogP) is 2.59. The second-order valence-electron chi connectivity index (χ2n) is 3.62. The predicted molar refractivity (Wildman–Crippen MR) is 66.3 cm³/mol. The van der Waals surface area contributed by atoms with Crippen LogP contribution in [0.15, 0.2) is 30.6 Å². The number of aromatic nitrogens is 2. The van der Waals surface area contributed by atoms with E-state index in [1.807, 2.05) is 13.0 Å². The van der Waals surface area contributed by atoms with Crippen LogP contribution in [-0.4, -0.2) is 16.5 Å². The zero-order valence-electron chi connectivity index (χ0n) is 9.81. The summed E-state index contributed by atoms with van der Waals surface area (Å²) in [4.78, 5) is 8.33. The van der Waals surface area contributed by atoms with E-state index in [-0.39, 0.29) is 5.56 Å². The molecule has 0 saturated heterocycles. The van der Waals surface area contributed by atoms with Crippen LogP contribution in [0.2, 0.25) is 0 Å². The van der Waals surface area contributed by atoms with Crippen LogP contribution in [0.1, 0.15) is 12.5 Å². The molecule has 2 rings (SSSR count). The van der Waals surface area contributed by atoms with Crippen LogP contribution < -0.4 is 5.32 Å². The van der Waals surface area contributed by atoms with Crippen LogP contribution >= 0.6 is 0 Å². The van der Waals surface area contributed by atoms with E-state index in [9.17, 15) is 4.39 Å². The summed E-state index contributed by atoms with van der Waals surface area (Å²) in [7, 11) is 0. The molecular formula is C13H11FN4. The lowest BCUT2D eigenvalue weighted by Crippen LogP contribution is -2.02. The maximum absolute atomic E-state index is 13.4. The number of anilines is 1. The molecule has 4 nitrogen and oxygen atoms in total. The number of hydrogen-bond donors (Lipinski definition) is 1. The molecule has 0 fully saturated rings. The third-order valence-electron chi connectivity index (χ3n) is 2.34. The van der Waals surface area contributed by atoms with Crippen molar-refractivity contribution in [3.63, 3.8) is 0 Å². The third kappa shape index (κ3) is 2.43. The molecule has 0 saturated carbocycles. The fourth-order valence-corrected chi connectivity index (χ4v) is 1.64. The highest BCUT2D eigenvalue weighted by Gasteiger charge is 2.09. The number of rotatable bonds is 3. The largest absolute Gasteiger partial charge is 0.369 e. The van der Waals surface area contributed by atoms with E-state index >= 15 is 0 Å². The number of nitrogens with one attached hydrogen (secondary N) is 1. The van der Waals surface area contributed by atoms with Gasteiger partial charge in [0.25, 0.3) is 0 Å². The van der Waals surface area contributed by atoms with Crippen LogP contribution in [0.3, 0.4) is 0 Å². The Hall–Kier alpha value is -2.48. The molecule has 1 aromatic heterocycles. The van der Waals surface area contributed by atoms with Crippen LogP contribution in [0.25, 0.3) is 11.3 Å². The van der Waals surface area contributed by atoms with Gasteiger partial charge in [-0.3, -0.25) is 4.98 Å². The first-order valence-electron chi connectivity index (χ1n) is 5.50. The molecule has 0 bridgehead atoms. The Bertz CT molecular complexity index is 604. The molecule has 1 heterocycles. The fraction of sp³-hybridized carbons (Fsp3) is 0.154. The molecule has 0 aliphatic heterocycles. The lowest BCUT2D eigenvalue weighted by atomic mass is 10.1. The SMILES string of the molecule is CCNc1nccnc1-c1cc(F)cc(C#N)c1. The fourth-order valence-electron chi connectivity index (χ4n) is 1.64. The lowest BCUT2D eigenvalue weighted by Gasteiger charge is -2.08. The monoisotopic (exact) mass is 242 g/mol. The quantitative estimate of drug-likeness (QED) is 0.898. The van der Waals surface area contributed by atoms with E-state index in [2.05, 4.69) is 15.3 Å². The second kappa shape index (κ2) is 5.23. The van der Waals surface area contributed by atoms with Gasteiger partial charge in [0.15, 0.2) is 5.82 Å². The molecule has 2 aromatic rings. The van der Waals surface area contributed by atoms with Crippen molar-refractivity contribution in [2.45, 2.75) is 6.92 Å². The molecule has 5 heteroatoms. The van der Waals surface area contributed by atoms with Gasteiger partial charge in [-0.2, -0.15) is 5.26 Å². The van der Waals surface area contributed by atoms with Crippen molar-refractivity contribution >= 4 is 5.82 Å². The van der Waals surface area contributed by atoms with Gasteiger partial charge in [-0.1, -0.05) is 0 Å². The van der Waals surface area contributed by atoms with Crippen LogP contribution in [0.5, 0.6) is 0 Å². The molecule has 0 atom stereocenters. The number of benzene rings is 1. The van der Waals surface area contributed by atoms with E-state index in [0.717, 1.165) is 0 Å². The highest BCUT2D eigenvalue weighted by atomic mass is 19.1. The molecule has 0 aliphatic rings. The van der Waals surface area contributed by atoms with E-state index in [0.29, 0.717) is 23.6 Å². The van der Waals surface area contributed by atoms with Crippen molar-refractivity contribution < 1.29 is 4.39 Å². The first-order chi connectivity index (χ1) is 8.74. The standard InChI is InChI=1S/C13H11FN4/c1-2-16-13-12(17-3-4-18-13)10-5-9(8-15)6-11(14)7-10/h3-7H,2H2,1H3,(H,16,18). The Morgan fingerprint density at radius 3 is 2.78 bits per heavy atom. The van der Waals surface area contributed by atoms with Crippen molar-refractivity contribution in [2.75, 3.05) is 11.9 Å². The van der Waals surface area contributed by atoms with Gasteiger partial charge in [-0.15, -0.1) is 0 Å². The van der Waals surface area contributed by atoms with Gasteiger partial charge in [0.2, 0.25) is 0 Å². The summed E-state index contributed by atoms with van der Waals surface area (Å²) in [5, 5.41) is 11.9. The summed E-state index contributed by atoms with van der Waals surface area (Å²) in [5.74, 6) is 0.117. The average molecular weight is 242 g/mol. The van der Waals surface area contributed by atoms with E-state index in [4.69, 9.17) is 5.26 Å². The Labute approximate surface area is 104 Å². The van der Waals surface area contributed by atoms with E-state index in [1.54, 1.807) is 12.3 Å². The molecule has 90 valence electrons. The second-order valence-corrected chi connectivity index (χ2v) is 3.62. The highest BCUT2D eigenvalue weighted by molar-refractivity contribution is 5.72. The van der Waals surface area contributed by atoms with Crippen molar-refractivity contribution in [3.05, 3.63) is 42.0 Å². The zero-order chi connectivity index (χ0) is 13.0. The van der Waals surface area contributed by atoms with Gasteiger partial charge in [-0.25, -0.2) is 9.37 Å². The summed E-state index contributed by atoms with van der Waals surface area (Å²) in [6, 6.07) is 6.04. The molecule has 0 radical (unpaired) electrons. The maximum atomic E-state index is 13.4. The normalized spacial score (nSPS) is 9.83. The zero-order valence-corrected chi connectivity index (χ0v) is 9.81. The summed E-state index contributed by atoms with van der Waals surface area (Å²) in [6.45, 7) is 2.62. The summed E-state index contributed by atoms with van der Waals surface area (Å²) >= 11 is 0. The van der Waals surface area contributed by atoms with Crippen molar-refractivity contribution in [1.82, 2.24) is 9.97 Å². The smallest absolute Gasteiger partial charge is 0.152 e. The molecule has 0 amide bonds. The Morgan fingerprint density at radius 2 is 2.06 bits per heavy atom. The number of hydrogen-bond acceptors (Lipinski definition) is 4. The summed E-state index contributed by atoms with van der Waals surface area (Å²) in [6.07, 6.45) is 3.10.